The number of para-hydroxylation sites is 2. The molecule has 0 fully saturated rings. The third-order valence-corrected chi connectivity index (χ3v) is 3.09. The molecule has 100 valence electrons. The Morgan fingerprint density at radius 3 is 2.16 bits per heavy atom. The van der Waals surface area contributed by atoms with Gasteiger partial charge in [-0.25, -0.2) is 0 Å². The normalized spacial score (nSPS) is 11.3. The van der Waals surface area contributed by atoms with E-state index < -0.39 is 0 Å². The predicted molar refractivity (Wildman–Crippen MR) is 80.7 cm³/mol. The molecule has 2 aromatic carbocycles. The maximum atomic E-state index is 5.97. The molecule has 0 aliphatic rings. The summed E-state index contributed by atoms with van der Waals surface area (Å²) in [6, 6.07) is 18.3. The standard InChI is InChI=1S/C18H22O/c1-18(2,3)14-13-15-9-7-8-12-17(15)19-16-10-5-4-6-11-16/h4-12H,13-14H2,1-3H3. The third-order valence-electron chi connectivity index (χ3n) is 3.09. The molecule has 1 heteroatoms. The Hall–Kier alpha value is -1.76. The maximum absolute atomic E-state index is 5.97. The molecule has 0 saturated heterocycles. The van der Waals surface area contributed by atoms with Crippen LogP contribution in [0.1, 0.15) is 32.8 Å². The van der Waals surface area contributed by atoms with Crippen LogP contribution in [-0.2, 0) is 6.42 Å². The van der Waals surface area contributed by atoms with E-state index in [9.17, 15) is 0 Å². The molecule has 0 aliphatic heterocycles. The summed E-state index contributed by atoms with van der Waals surface area (Å²) in [4.78, 5) is 0. The van der Waals surface area contributed by atoms with Crippen molar-refractivity contribution >= 4 is 0 Å². The molecule has 0 bridgehead atoms. The van der Waals surface area contributed by atoms with Crippen LogP contribution in [0.4, 0.5) is 0 Å². The van der Waals surface area contributed by atoms with E-state index in [1.807, 2.05) is 42.5 Å². The predicted octanol–water partition coefficient (Wildman–Crippen LogP) is 5.46. The molecule has 0 N–H and O–H groups in total. The molecule has 0 aliphatic carbocycles. The van der Waals surface area contributed by atoms with Gasteiger partial charge in [0.2, 0.25) is 0 Å². The lowest BCUT2D eigenvalue weighted by molar-refractivity contribution is 0.374. The largest absolute Gasteiger partial charge is 0.457 e. The van der Waals surface area contributed by atoms with E-state index in [4.69, 9.17) is 4.74 Å². The number of ether oxygens (including phenoxy) is 1. The second kappa shape index (κ2) is 5.92. The highest BCUT2D eigenvalue weighted by atomic mass is 16.5. The molecule has 0 radical (unpaired) electrons. The monoisotopic (exact) mass is 254 g/mol. The van der Waals surface area contributed by atoms with Crippen molar-refractivity contribution in [3.63, 3.8) is 0 Å². The summed E-state index contributed by atoms with van der Waals surface area (Å²) in [6.07, 6.45) is 2.20. The van der Waals surface area contributed by atoms with E-state index in [-0.39, 0.29) is 0 Å². The Bertz CT molecular complexity index is 509. The van der Waals surface area contributed by atoms with Crippen molar-refractivity contribution < 1.29 is 4.74 Å². The summed E-state index contributed by atoms with van der Waals surface area (Å²) in [7, 11) is 0. The minimum Gasteiger partial charge on any atom is -0.457 e. The molecule has 19 heavy (non-hydrogen) atoms. The van der Waals surface area contributed by atoms with E-state index in [2.05, 4.69) is 32.9 Å². The lowest BCUT2D eigenvalue weighted by Gasteiger charge is -2.19. The van der Waals surface area contributed by atoms with Crippen LogP contribution in [0.25, 0.3) is 0 Å². The molecule has 2 aromatic rings. The molecule has 0 amide bonds. The van der Waals surface area contributed by atoms with Gasteiger partial charge in [0.05, 0.1) is 0 Å². The number of rotatable bonds is 4. The lowest BCUT2D eigenvalue weighted by atomic mass is 9.88. The van der Waals surface area contributed by atoms with E-state index in [1.165, 1.54) is 5.56 Å². The summed E-state index contributed by atoms with van der Waals surface area (Å²) in [5.74, 6) is 1.86. The second-order valence-electron chi connectivity index (χ2n) is 6.08. The van der Waals surface area contributed by atoms with Gasteiger partial charge in [0.15, 0.2) is 0 Å². The first-order valence-corrected chi connectivity index (χ1v) is 6.85. The number of hydrogen-bond donors (Lipinski definition) is 0. The van der Waals surface area contributed by atoms with Gasteiger partial charge in [0, 0.05) is 0 Å². The summed E-state index contributed by atoms with van der Waals surface area (Å²) in [5, 5.41) is 0. The van der Waals surface area contributed by atoms with Crippen LogP contribution in [-0.4, -0.2) is 0 Å². The molecule has 0 spiro atoms. The Kier molecular flexibility index (Phi) is 4.26. The molecule has 0 saturated carbocycles. The van der Waals surface area contributed by atoms with Crippen LogP contribution in [0.5, 0.6) is 11.5 Å². The fourth-order valence-corrected chi connectivity index (χ4v) is 1.94. The average Bonchev–Trinajstić information content (AvgIpc) is 2.38. The molecule has 0 heterocycles. The van der Waals surface area contributed by atoms with Crippen LogP contribution in [0.2, 0.25) is 0 Å². The van der Waals surface area contributed by atoms with Gasteiger partial charge in [-0.1, -0.05) is 57.2 Å². The van der Waals surface area contributed by atoms with Crippen molar-refractivity contribution in [1.82, 2.24) is 0 Å². The Morgan fingerprint density at radius 2 is 1.47 bits per heavy atom. The van der Waals surface area contributed by atoms with Gasteiger partial charge in [0.1, 0.15) is 11.5 Å². The van der Waals surface area contributed by atoms with Crippen molar-refractivity contribution in [3.05, 3.63) is 60.2 Å². The van der Waals surface area contributed by atoms with E-state index in [0.29, 0.717) is 5.41 Å². The number of hydrogen-bond acceptors (Lipinski definition) is 1. The van der Waals surface area contributed by atoms with Crippen molar-refractivity contribution in [2.45, 2.75) is 33.6 Å². The number of benzene rings is 2. The molecule has 0 unspecified atom stereocenters. The lowest BCUT2D eigenvalue weighted by Crippen LogP contribution is -2.06. The van der Waals surface area contributed by atoms with Crippen LogP contribution in [0, 0.1) is 5.41 Å². The van der Waals surface area contributed by atoms with E-state index >= 15 is 0 Å². The van der Waals surface area contributed by atoms with Crippen LogP contribution < -0.4 is 4.74 Å². The Labute approximate surface area is 116 Å². The van der Waals surface area contributed by atoms with Crippen LogP contribution >= 0.6 is 0 Å². The highest BCUT2D eigenvalue weighted by molar-refractivity contribution is 5.37. The molecular weight excluding hydrogens is 232 g/mol. The van der Waals surface area contributed by atoms with Crippen molar-refractivity contribution in [1.29, 1.82) is 0 Å². The number of aryl methyl sites for hydroxylation is 1. The van der Waals surface area contributed by atoms with Crippen molar-refractivity contribution in [3.8, 4) is 11.5 Å². The maximum Gasteiger partial charge on any atom is 0.130 e. The topological polar surface area (TPSA) is 9.23 Å². The molecule has 2 rings (SSSR count). The summed E-state index contributed by atoms with van der Waals surface area (Å²) >= 11 is 0. The van der Waals surface area contributed by atoms with Gasteiger partial charge < -0.3 is 4.74 Å². The minimum atomic E-state index is 0.347. The van der Waals surface area contributed by atoms with Gasteiger partial charge in [-0.15, -0.1) is 0 Å². The van der Waals surface area contributed by atoms with Gasteiger partial charge >= 0.3 is 0 Å². The minimum absolute atomic E-state index is 0.347. The van der Waals surface area contributed by atoms with Crippen LogP contribution in [0.15, 0.2) is 54.6 Å². The van der Waals surface area contributed by atoms with Crippen molar-refractivity contribution in [2.75, 3.05) is 0 Å². The molecule has 0 atom stereocenters. The third kappa shape index (κ3) is 4.44. The summed E-state index contributed by atoms with van der Waals surface area (Å²) < 4.78 is 5.97. The summed E-state index contributed by atoms with van der Waals surface area (Å²) in [5.41, 5.74) is 1.63. The zero-order valence-electron chi connectivity index (χ0n) is 12.0. The van der Waals surface area contributed by atoms with Gasteiger partial charge in [-0.2, -0.15) is 0 Å². The smallest absolute Gasteiger partial charge is 0.130 e. The molecule has 0 aromatic heterocycles. The Morgan fingerprint density at radius 1 is 0.842 bits per heavy atom. The molecule has 1 nitrogen and oxygen atoms in total. The first-order chi connectivity index (χ1) is 9.04. The zero-order chi connectivity index (χ0) is 13.7. The zero-order valence-corrected chi connectivity index (χ0v) is 12.0. The van der Waals surface area contributed by atoms with Crippen molar-refractivity contribution in [2.24, 2.45) is 5.41 Å². The second-order valence-corrected chi connectivity index (χ2v) is 6.08. The highest BCUT2D eigenvalue weighted by Crippen LogP contribution is 2.29. The average molecular weight is 254 g/mol. The first kappa shape index (κ1) is 13.7. The van der Waals surface area contributed by atoms with Crippen LogP contribution in [0.3, 0.4) is 0 Å². The van der Waals surface area contributed by atoms with Gasteiger partial charge in [0.25, 0.3) is 0 Å². The van der Waals surface area contributed by atoms with E-state index in [1.54, 1.807) is 0 Å². The molecular formula is C18H22O. The highest BCUT2D eigenvalue weighted by Gasteiger charge is 2.12. The Balaban J connectivity index is 2.12. The van der Waals surface area contributed by atoms with Gasteiger partial charge in [-0.05, 0) is 42.0 Å². The quantitative estimate of drug-likeness (QED) is 0.704. The fourth-order valence-electron chi connectivity index (χ4n) is 1.94. The first-order valence-electron chi connectivity index (χ1n) is 6.85. The van der Waals surface area contributed by atoms with E-state index in [0.717, 1.165) is 24.3 Å². The summed E-state index contributed by atoms with van der Waals surface area (Å²) in [6.45, 7) is 6.81. The van der Waals surface area contributed by atoms with Gasteiger partial charge in [-0.3, -0.25) is 0 Å². The SMILES string of the molecule is CC(C)(C)CCc1ccccc1Oc1ccccc1. The fraction of sp³-hybridized carbons (Fsp3) is 0.333.